The Bertz CT molecular complexity index is 1230. The number of benzene rings is 3. The first kappa shape index (κ1) is 26.7. The molecule has 0 bridgehead atoms. The number of carbonyl (C=O) groups excluding carboxylic acids is 1. The van der Waals surface area contributed by atoms with Gasteiger partial charge in [0, 0.05) is 35.8 Å². The maximum Gasteiger partial charge on any atom is 0.251 e. The maximum atomic E-state index is 13.0. The second-order valence-corrected chi connectivity index (χ2v) is 10.9. The van der Waals surface area contributed by atoms with Crippen molar-refractivity contribution in [1.29, 1.82) is 0 Å². The number of hydrogen-bond acceptors (Lipinski definition) is 4. The zero-order chi connectivity index (χ0) is 25.4. The summed E-state index contributed by atoms with van der Waals surface area (Å²) >= 11 is 5.90. The minimum atomic E-state index is -3.75. The number of aryl methyl sites for hydroxylation is 1. The first-order chi connectivity index (χ1) is 16.7. The summed E-state index contributed by atoms with van der Waals surface area (Å²) in [6.45, 7) is 4.30. The third-order valence-electron chi connectivity index (χ3n) is 5.62. The van der Waals surface area contributed by atoms with E-state index in [0.717, 1.165) is 12.8 Å². The molecule has 1 amide bonds. The third kappa shape index (κ3) is 7.31. The highest BCUT2D eigenvalue weighted by Gasteiger charge is 2.23. The van der Waals surface area contributed by atoms with Crippen LogP contribution in [-0.2, 0) is 23.0 Å². The molecule has 0 saturated heterocycles. The third-order valence-corrected chi connectivity index (χ3v) is 7.69. The van der Waals surface area contributed by atoms with Crippen molar-refractivity contribution in [2.75, 3.05) is 13.7 Å². The second-order valence-electron chi connectivity index (χ2n) is 8.37. The van der Waals surface area contributed by atoms with Crippen molar-refractivity contribution in [3.05, 3.63) is 94.5 Å². The minimum Gasteiger partial charge on any atom is -0.494 e. The van der Waals surface area contributed by atoms with Crippen molar-refractivity contribution in [1.82, 2.24) is 9.62 Å². The average molecular weight is 515 g/mol. The summed E-state index contributed by atoms with van der Waals surface area (Å²) in [5.41, 5.74) is 2.28. The molecular formula is C27H31ClN2O4S. The molecule has 0 aromatic heterocycles. The topological polar surface area (TPSA) is 75.7 Å². The lowest BCUT2D eigenvalue weighted by Crippen LogP contribution is -2.33. The van der Waals surface area contributed by atoms with Gasteiger partial charge in [0.05, 0.1) is 11.5 Å². The molecule has 0 radical (unpaired) electrons. The van der Waals surface area contributed by atoms with Crippen LogP contribution in [0.4, 0.5) is 0 Å². The standard InChI is InChI=1S/C27H31ClN2O4S/c1-4-34-26-17-12-22(27(31)29-20(2)10-11-21-8-6-5-7-9-21)18-23(26)19-30(3)35(32,33)25-15-13-24(28)14-16-25/h5-9,12-18,20H,4,10-11,19H2,1-3H3,(H,29,31)/t20-/m1/s1. The fourth-order valence-corrected chi connectivity index (χ4v) is 4.93. The lowest BCUT2D eigenvalue weighted by Gasteiger charge is -2.20. The number of ether oxygens (including phenoxy) is 1. The van der Waals surface area contributed by atoms with Crippen LogP contribution in [0.3, 0.4) is 0 Å². The molecule has 8 heteroatoms. The van der Waals surface area contributed by atoms with Gasteiger partial charge in [-0.2, -0.15) is 4.31 Å². The van der Waals surface area contributed by atoms with E-state index in [1.807, 2.05) is 32.0 Å². The van der Waals surface area contributed by atoms with E-state index in [1.54, 1.807) is 18.2 Å². The molecular weight excluding hydrogens is 484 g/mol. The van der Waals surface area contributed by atoms with Gasteiger partial charge in [-0.15, -0.1) is 0 Å². The van der Waals surface area contributed by atoms with Crippen molar-refractivity contribution in [3.63, 3.8) is 0 Å². The van der Waals surface area contributed by atoms with E-state index in [0.29, 0.717) is 28.5 Å². The Balaban J connectivity index is 1.73. The second kappa shape index (κ2) is 12.2. The quantitative estimate of drug-likeness (QED) is 0.376. The number of amides is 1. The number of rotatable bonds is 11. The van der Waals surface area contributed by atoms with Crippen LogP contribution in [0.25, 0.3) is 0 Å². The Labute approximate surface area is 212 Å². The van der Waals surface area contributed by atoms with Gasteiger partial charge in [-0.25, -0.2) is 8.42 Å². The fraction of sp³-hybridized carbons (Fsp3) is 0.296. The summed E-state index contributed by atoms with van der Waals surface area (Å²) in [6, 6.07) is 21.2. The van der Waals surface area contributed by atoms with E-state index >= 15 is 0 Å². The Morgan fingerprint density at radius 2 is 1.74 bits per heavy atom. The highest BCUT2D eigenvalue weighted by Crippen LogP contribution is 2.25. The number of nitrogens with one attached hydrogen (secondary N) is 1. The lowest BCUT2D eigenvalue weighted by atomic mass is 10.1. The number of sulfonamides is 1. The van der Waals surface area contributed by atoms with E-state index in [4.69, 9.17) is 16.3 Å². The Morgan fingerprint density at radius 1 is 1.06 bits per heavy atom. The summed E-state index contributed by atoms with van der Waals surface area (Å²) in [7, 11) is -2.25. The molecule has 3 aromatic rings. The van der Waals surface area contributed by atoms with Gasteiger partial charge in [0.15, 0.2) is 0 Å². The van der Waals surface area contributed by atoms with Crippen molar-refractivity contribution in [2.45, 2.75) is 44.2 Å². The van der Waals surface area contributed by atoms with Crippen LogP contribution in [0.1, 0.15) is 41.8 Å². The number of halogens is 1. The molecule has 0 fully saturated rings. The van der Waals surface area contributed by atoms with Gasteiger partial charge in [0.2, 0.25) is 10.0 Å². The smallest absolute Gasteiger partial charge is 0.251 e. The Kier molecular flexibility index (Phi) is 9.32. The van der Waals surface area contributed by atoms with Crippen molar-refractivity contribution in [3.8, 4) is 5.75 Å². The van der Waals surface area contributed by atoms with Crippen LogP contribution < -0.4 is 10.1 Å². The van der Waals surface area contributed by atoms with Gasteiger partial charge in [-0.1, -0.05) is 41.9 Å². The predicted octanol–water partition coefficient (Wildman–Crippen LogP) is 5.31. The van der Waals surface area contributed by atoms with Gasteiger partial charge in [0.25, 0.3) is 5.91 Å². The summed E-state index contributed by atoms with van der Waals surface area (Å²) in [4.78, 5) is 13.1. The molecule has 1 N–H and O–H groups in total. The molecule has 1 atom stereocenters. The minimum absolute atomic E-state index is 0.0225. The molecule has 3 aromatic carbocycles. The van der Waals surface area contributed by atoms with Crippen LogP contribution >= 0.6 is 11.6 Å². The molecule has 0 heterocycles. The first-order valence-corrected chi connectivity index (χ1v) is 13.3. The number of carbonyl (C=O) groups is 1. The van der Waals surface area contributed by atoms with E-state index in [9.17, 15) is 13.2 Å². The zero-order valence-electron chi connectivity index (χ0n) is 20.2. The monoisotopic (exact) mass is 514 g/mol. The molecule has 0 unspecified atom stereocenters. The number of nitrogens with zero attached hydrogens (tertiary/aromatic N) is 1. The lowest BCUT2D eigenvalue weighted by molar-refractivity contribution is 0.0938. The van der Waals surface area contributed by atoms with Gasteiger partial charge in [-0.05, 0) is 74.7 Å². The largest absolute Gasteiger partial charge is 0.494 e. The summed E-state index contributed by atoms with van der Waals surface area (Å²) in [6.07, 6.45) is 1.67. The molecule has 0 aliphatic carbocycles. The predicted molar refractivity (Wildman–Crippen MR) is 139 cm³/mol. The fourth-order valence-electron chi connectivity index (χ4n) is 3.66. The van der Waals surface area contributed by atoms with E-state index in [2.05, 4.69) is 17.4 Å². The van der Waals surface area contributed by atoms with Crippen LogP contribution in [0.5, 0.6) is 5.75 Å². The summed E-state index contributed by atoms with van der Waals surface area (Å²) in [5.74, 6) is 0.331. The molecule has 0 saturated carbocycles. The SMILES string of the molecule is CCOc1ccc(C(=O)N[C@H](C)CCc2ccccc2)cc1CN(C)S(=O)(=O)c1ccc(Cl)cc1. The molecule has 0 spiro atoms. The maximum absolute atomic E-state index is 13.0. The molecule has 0 aliphatic heterocycles. The summed E-state index contributed by atoms with van der Waals surface area (Å²) in [5, 5.41) is 3.50. The number of hydrogen-bond donors (Lipinski definition) is 1. The highest BCUT2D eigenvalue weighted by molar-refractivity contribution is 7.89. The van der Waals surface area contributed by atoms with E-state index < -0.39 is 10.0 Å². The van der Waals surface area contributed by atoms with Crippen molar-refractivity contribution < 1.29 is 17.9 Å². The zero-order valence-corrected chi connectivity index (χ0v) is 21.8. The Morgan fingerprint density at radius 3 is 2.40 bits per heavy atom. The average Bonchev–Trinajstić information content (AvgIpc) is 2.84. The van der Waals surface area contributed by atoms with E-state index in [1.165, 1.54) is 41.2 Å². The normalized spacial score (nSPS) is 12.4. The van der Waals surface area contributed by atoms with E-state index in [-0.39, 0.29) is 23.4 Å². The van der Waals surface area contributed by atoms with Gasteiger partial charge in [-0.3, -0.25) is 4.79 Å². The Hall–Kier alpha value is -2.87. The molecule has 35 heavy (non-hydrogen) atoms. The molecule has 0 aliphatic rings. The molecule has 6 nitrogen and oxygen atoms in total. The van der Waals surface area contributed by atoms with Crippen molar-refractivity contribution in [2.24, 2.45) is 0 Å². The van der Waals surface area contributed by atoms with Crippen LogP contribution in [-0.4, -0.2) is 38.3 Å². The van der Waals surface area contributed by atoms with Gasteiger partial charge >= 0.3 is 0 Å². The first-order valence-electron chi connectivity index (χ1n) is 11.5. The molecule has 186 valence electrons. The van der Waals surface area contributed by atoms with Crippen LogP contribution in [0, 0.1) is 0 Å². The van der Waals surface area contributed by atoms with Gasteiger partial charge in [0.1, 0.15) is 5.75 Å². The van der Waals surface area contributed by atoms with Crippen LogP contribution in [0.2, 0.25) is 5.02 Å². The van der Waals surface area contributed by atoms with Gasteiger partial charge < -0.3 is 10.1 Å². The van der Waals surface area contributed by atoms with Crippen LogP contribution in [0.15, 0.2) is 77.7 Å². The molecule has 3 rings (SSSR count). The highest BCUT2D eigenvalue weighted by atomic mass is 35.5. The van der Waals surface area contributed by atoms with Crippen molar-refractivity contribution >= 4 is 27.5 Å². The summed E-state index contributed by atoms with van der Waals surface area (Å²) < 4.78 is 33.0.